The van der Waals surface area contributed by atoms with Crippen molar-refractivity contribution in [2.75, 3.05) is 14.2 Å². The molecule has 2 atom stereocenters. The molecule has 0 heterocycles. The molecule has 0 bridgehead atoms. The summed E-state index contributed by atoms with van der Waals surface area (Å²) in [6, 6.07) is 9.75. The highest BCUT2D eigenvalue weighted by Gasteiger charge is 2.24. The van der Waals surface area contributed by atoms with Crippen LogP contribution < -0.4 is 20.9 Å². The van der Waals surface area contributed by atoms with E-state index < -0.39 is 12.1 Å². The van der Waals surface area contributed by atoms with Crippen molar-refractivity contribution in [3.63, 3.8) is 0 Å². The van der Waals surface area contributed by atoms with Crippen LogP contribution in [0.2, 0.25) is 10.0 Å². The predicted molar refractivity (Wildman–Crippen MR) is 89.9 cm³/mol. The van der Waals surface area contributed by atoms with Crippen molar-refractivity contribution in [2.45, 2.75) is 12.1 Å². The standard InChI is InChI=1S/C16H18Cl2N2O2/c1-21-11-7-3-5-9(13(11)17)15(19)16(20)10-6-4-8-12(22-2)14(10)18/h3-8,15-16H,19-20H2,1-2H3. The smallest absolute Gasteiger partial charge is 0.137 e. The van der Waals surface area contributed by atoms with Gasteiger partial charge in [0.05, 0.1) is 36.3 Å². The number of nitrogens with two attached hydrogens (primary N) is 2. The lowest BCUT2D eigenvalue weighted by Gasteiger charge is -2.23. The van der Waals surface area contributed by atoms with Crippen molar-refractivity contribution in [3.8, 4) is 11.5 Å². The molecule has 0 aliphatic heterocycles. The van der Waals surface area contributed by atoms with Gasteiger partial charge in [-0.2, -0.15) is 0 Å². The maximum Gasteiger partial charge on any atom is 0.137 e. The van der Waals surface area contributed by atoms with Crippen LogP contribution in [0.4, 0.5) is 0 Å². The Kier molecular flexibility index (Phi) is 5.53. The largest absolute Gasteiger partial charge is 0.495 e. The van der Waals surface area contributed by atoms with Crippen LogP contribution in [0.25, 0.3) is 0 Å². The molecule has 0 spiro atoms. The van der Waals surface area contributed by atoms with E-state index in [0.29, 0.717) is 32.7 Å². The van der Waals surface area contributed by atoms with E-state index >= 15 is 0 Å². The minimum Gasteiger partial charge on any atom is -0.495 e. The molecule has 0 saturated carbocycles. The zero-order valence-electron chi connectivity index (χ0n) is 12.3. The van der Waals surface area contributed by atoms with Crippen molar-refractivity contribution in [2.24, 2.45) is 11.5 Å². The first-order chi connectivity index (χ1) is 10.5. The highest BCUT2D eigenvalue weighted by atomic mass is 35.5. The SMILES string of the molecule is COc1cccc(C(N)C(N)c2cccc(OC)c2Cl)c1Cl. The van der Waals surface area contributed by atoms with Crippen molar-refractivity contribution in [3.05, 3.63) is 57.6 Å². The molecule has 0 fully saturated rings. The third-order valence-corrected chi connectivity index (χ3v) is 4.34. The summed E-state index contributed by atoms with van der Waals surface area (Å²) in [6.45, 7) is 0. The Morgan fingerprint density at radius 1 is 0.773 bits per heavy atom. The number of ether oxygens (including phenoxy) is 2. The number of benzene rings is 2. The molecule has 0 radical (unpaired) electrons. The summed E-state index contributed by atoms with van der Waals surface area (Å²) in [5, 5.41) is 0.902. The molecule has 2 aromatic rings. The quantitative estimate of drug-likeness (QED) is 0.870. The van der Waals surface area contributed by atoms with Gasteiger partial charge in [0.2, 0.25) is 0 Å². The van der Waals surface area contributed by atoms with Crippen LogP contribution in [-0.2, 0) is 0 Å². The molecular formula is C16H18Cl2N2O2. The van der Waals surface area contributed by atoms with Gasteiger partial charge in [0.1, 0.15) is 11.5 Å². The van der Waals surface area contributed by atoms with Crippen LogP contribution in [-0.4, -0.2) is 14.2 Å². The second-order valence-corrected chi connectivity index (χ2v) is 5.53. The van der Waals surface area contributed by atoms with E-state index in [-0.39, 0.29) is 0 Å². The number of methoxy groups -OCH3 is 2. The first-order valence-electron chi connectivity index (χ1n) is 6.67. The fourth-order valence-electron chi connectivity index (χ4n) is 2.27. The van der Waals surface area contributed by atoms with E-state index in [0.717, 1.165) is 0 Å². The van der Waals surface area contributed by atoms with E-state index in [2.05, 4.69) is 0 Å². The first kappa shape index (κ1) is 16.9. The normalized spacial score (nSPS) is 13.5. The molecule has 0 amide bonds. The van der Waals surface area contributed by atoms with Crippen LogP contribution >= 0.6 is 23.2 Å². The summed E-state index contributed by atoms with van der Waals surface area (Å²) >= 11 is 12.6. The summed E-state index contributed by atoms with van der Waals surface area (Å²) in [6.07, 6.45) is 0. The van der Waals surface area contributed by atoms with Gasteiger partial charge < -0.3 is 20.9 Å². The Hall–Kier alpha value is -1.46. The maximum atomic E-state index is 6.32. The van der Waals surface area contributed by atoms with Crippen molar-refractivity contribution in [1.82, 2.24) is 0 Å². The fourth-order valence-corrected chi connectivity index (χ4v) is 2.93. The Labute approximate surface area is 139 Å². The van der Waals surface area contributed by atoms with Gasteiger partial charge in [0.15, 0.2) is 0 Å². The average Bonchev–Trinajstić information content (AvgIpc) is 2.54. The van der Waals surface area contributed by atoms with Gasteiger partial charge in [-0.15, -0.1) is 0 Å². The molecule has 2 unspecified atom stereocenters. The summed E-state index contributed by atoms with van der Waals surface area (Å²) in [7, 11) is 3.10. The van der Waals surface area contributed by atoms with Crippen LogP contribution in [0.15, 0.2) is 36.4 Å². The zero-order chi connectivity index (χ0) is 16.3. The van der Waals surface area contributed by atoms with E-state index in [9.17, 15) is 0 Å². The van der Waals surface area contributed by atoms with Gasteiger partial charge in [0.25, 0.3) is 0 Å². The molecule has 0 saturated heterocycles. The lowest BCUT2D eigenvalue weighted by Crippen LogP contribution is -2.27. The number of hydrogen-bond donors (Lipinski definition) is 2. The van der Waals surface area contributed by atoms with Crippen LogP contribution in [0.1, 0.15) is 23.2 Å². The maximum absolute atomic E-state index is 6.32. The van der Waals surface area contributed by atoms with E-state index in [4.69, 9.17) is 44.1 Å². The molecular weight excluding hydrogens is 323 g/mol. The topological polar surface area (TPSA) is 70.5 Å². The Morgan fingerprint density at radius 3 is 1.45 bits per heavy atom. The second-order valence-electron chi connectivity index (χ2n) is 4.78. The van der Waals surface area contributed by atoms with Crippen LogP contribution in [0.3, 0.4) is 0 Å². The molecule has 2 rings (SSSR count). The van der Waals surface area contributed by atoms with E-state index in [1.165, 1.54) is 0 Å². The van der Waals surface area contributed by atoms with Gasteiger partial charge in [-0.05, 0) is 23.3 Å². The molecule has 2 aromatic carbocycles. The third-order valence-electron chi connectivity index (χ3n) is 3.53. The highest BCUT2D eigenvalue weighted by molar-refractivity contribution is 6.33. The monoisotopic (exact) mass is 340 g/mol. The van der Waals surface area contributed by atoms with Crippen molar-refractivity contribution < 1.29 is 9.47 Å². The lowest BCUT2D eigenvalue weighted by atomic mass is 9.94. The van der Waals surface area contributed by atoms with Crippen molar-refractivity contribution in [1.29, 1.82) is 0 Å². The molecule has 0 aliphatic rings. The van der Waals surface area contributed by atoms with Gasteiger partial charge in [-0.3, -0.25) is 0 Å². The molecule has 6 heteroatoms. The number of hydrogen-bond acceptors (Lipinski definition) is 4. The molecule has 22 heavy (non-hydrogen) atoms. The van der Waals surface area contributed by atoms with Gasteiger partial charge in [-0.1, -0.05) is 47.5 Å². The molecule has 0 aromatic heterocycles. The summed E-state index contributed by atoms with van der Waals surface area (Å²) in [4.78, 5) is 0. The zero-order valence-corrected chi connectivity index (χ0v) is 13.9. The summed E-state index contributed by atoms with van der Waals surface area (Å²) < 4.78 is 10.4. The van der Waals surface area contributed by atoms with E-state index in [1.54, 1.807) is 26.4 Å². The van der Waals surface area contributed by atoms with Gasteiger partial charge >= 0.3 is 0 Å². The predicted octanol–water partition coefficient (Wildman–Crippen LogP) is 3.71. The second kappa shape index (κ2) is 7.20. The molecule has 118 valence electrons. The number of rotatable bonds is 5. The Balaban J connectivity index is 2.40. The Bertz CT molecular complexity index is 607. The fraction of sp³-hybridized carbons (Fsp3) is 0.250. The minimum absolute atomic E-state index is 0.451. The van der Waals surface area contributed by atoms with Crippen LogP contribution in [0.5, 0.6) is 11.5 Å². The minimum atomic E-state index is -0.535. The average molecular weight is 341 g/mol. The van der Waals surface area contributed by atoms with Crippen molar-refractivity contribution >= 4 is 23.2 Å². The summed E-state index contributed by atoms with van der Waals surface area (Å²) in [5.74, 6) is 1.11. The first-order valence-corrected chi connectivity index (χ1v) is 7.42. The highest BCUT2D eigenvalue weighted by Crippen LogP contribution is 2.38. The lowest BCUT2D eigenvalue weighted by molar-refractivity contribution is 0.412. The molecule has 4 N–H and O–H groups in total. The Morgan fingerprint density at radius 2 is 1.14 bits per heavy atom. The van der Waals surface area contributed by atoms with Crippen LogP contribution in [0, 0.1) is 0 Å². The third kappa shape index (κ3) is 3.15. The number of halogens is 2. The molecule has 0 aliphatic carbocycles. The summed E-state index contributed by atoms with van der Waals surface area (Å²) in [5.41, 5.74) is 14.0. The van der Waals surface area contributed by atoms with Gasteiger partial charge in [0, 0.05) is 0 Å². The molecule has 4 nitrogen and oxygen atoms in total. The van der Waals surface area contributed by atoms with E-state index in [1.807, 2.05) is 24.3 Å². The van der Waals surface area contributed by atoms with Gasteiger partial charge in [-0.25, -0.2) is 0 Å².